The van der Waals surface area contributed by atoms with E-state index >= 15 is 0 Å². The van der Waals surface area contributed by atoms with E-state index in [1.807, 2.05) is 0 Å². The first-order chi connectivity index (χ1) is 15.1. The normalized spacial score (nSPS) is 26.3. The van der Waals surface area contributed by atoms with Crippen molar-refractivity contribution in [3.63, 3.8) is 0 Å². The van der Waals surface area contributed by atoms with Crippen LogP contribution in [-0.2, 0) is 23.9 Å². The van der Waals surface area contributed by atoms with Gasteiger partial charge in [0.15, 0.2) is 6.29 Å². The van der Waals surface area contributed by atoms with Crippen molar-refractivity contribution in [2.24, 2.45) is 5.73 Å². The quantitative estimate of drug-likeness (QED) is 0.136. The van der Waals surface area contributed by atoms with Gasteiger partial charge in [-0.15, -0.1) is 0 Å². The average molecular weight is 464 g/mol. The van der Waals surface area contributed by atoms with Crippen molar-refractivity contribution in [3.05, 3.63) is 0 Å². The Labute approximate surface area is 187 Å². The summed E-state index contributed by atoms with van der Waals surface area (Å²) >= 11 is 0. The number of ether oxygens (including phenoxy) is 2. The minimum absolute atomic E-state index is 0.0583. The third-order valence-electron chi connectivity index (χ3n) is 5.15. The molecule has 12 nitrogen and oxygen atoms in total. The molecule has 1 rings (SSSR count). The number of nitrogens with two attached hydrogens (primary N) is 1. The number of aliphatic hydroxyl groups is 3. The fourth-order valence-electron chi connectivity index (χ4n) is 3.11. The highest BCUT2D eigenvalue weighted by atomic mass is 16.7. The van der Waals surface area contributed by atoms with E-state index in [1.54, 1.807) is 6.92 Å². The van der Waals surface area contributed by atoms with Gasteiger partial charge in [0, 0.05) is 25.9 Å². The zero-order valence-electron chi connectivity index (χ0n) is 18.4. The van der Waals surface area contributed by atoms with Crippen LogP contribution in [0.15, 0.2) is 0 Å². The van der Waals surface area contributed by atoms with Crippen LogP contribution in [0, 0.1) is 0 Å². The molecule has 0 aromatic carbocycles. The molecule has 0 bridgehead atoms. The lowest BCUT2D eigenvalue weighted by Gasteiger charge is -2.38. The number of aliphatic carboxylic acids is 1. The summed E-state index contributed by atoms with van der Waals surface area (Å²) in [6, 6.07) is -0.874. The predicted octanol–water partition coefficient (Wildman–Crippen LogP) is -1.79. The number of hydrogen-bond donors (Lipinski definition) is 7. The van der Waals surface area contributed by atoms with E-state index in [1.165, 1.54) is 0 Å². The molecule has 1 fully saturated rings. The van der Waals surface area contributed by atoms with E-state index in [-0.39, 0.29) is 31.4 Å². The maximum Gasteiger partial charge on any atom is 0.320 e. The lowest BCUT2D eigenvalue weighted by atomic mass is 10.0. The molecule has 8 N–H and O–H groups in total. The molecule has 1 heterocycles. The maximum atomic E-state index is 11.8. The van der Waals surface area contributed by atoms with Crippen LogP contribution in [0.3, 0.4) is 0 Å². The van der Waals surface area contributed by atoms with Crippen molar-refractivity contribution in [1.29, 1.82) is 0 Å². The fourth-order valence-corrected chi connectivity index (χ4v) is 3.11. The SMILES string of the molecule is C[C@@H]1O[C@@H](OCCNC(=O)CCCCC(=O)NCCCC[C@H](N)C(=O)O)[C@@H](O)[C@H](O)[C@@H]1O. The van der Waals surface area contributed by atoms with Gasteiger partial charge >= 0.3 is 5.97 Å². The molecule has 0 radical (unpaired) electrons. The molecule has 0 unspecified atom stereocenters. The van der Waals surface area contributed by atoms with Crippen molar-refractivity contribution >= 4 is 17.8 Å². The van der Waals surface area contributed by atoms with Gasteiger partial charge in [-0.3, -0.25) is 14.4 Å². The Morgan fingerprint density at radius 3 is 2.12 bits per heavy atom. The number of carboxylic acid groups (broad SMARTS) is 1. The topological polar surface area (TPSA) is 201 Å². The van der Waals surface area contributed by atoms with Crippen LogP contribution in [0.5, 0.6) is 0 Å². The van der Waals surface area contributed by atoms with Crippen molar-refractivity contribution < 1.29 is 44.3 Å². The molecule has 6 atom stereocenters. The minimum atomic E-state index is -1.38. The molecule has 0 saturated carbocycles. The molecule has 1 aliphatic heterocycles. The van der Waals surface area contributed by atoms with E-state index in [2.05, 4.69) is 10.6 Å². The Kier molecular flexibility index (Phi) is 13.3. The highest BCUT2D eigenvalue weighted by molar-refractivity contribution is 5.77. The van der Waals surface area contributed by atoms with Crippen LogP contribution in [0.25, 0.3) is 0 Å². The summed E-state index contributed by atoms with van der Waals surface area (Å²) in [5.41, 5.74) is 5.40. The van der Waals surface area contributed by atoms with Crippen molar-refractivity contribution in [1.82, 2.24) is 10.6 Å². The van der Waals surface area contributed by atoms with Gasteiger partial charge in [-0.2, -0.15) is 0 Å². The van der Waals surface area contributed by atoms with Crippen LogP contribution >= 0.6 is 0 Å². The van der Waals surface area contributed by atoms with E-state index < -0.39 is 42.7 Å². The summed E-state index contributed by atoms with van der Waals surface area (Å²) in [4.78, 5) is 34.1. The molecular formula is C20H37N3O9. The number of unbranched alkanes of at least 4 members (excludes halogenated alkanes) is 2. The van der Waals surface area contributed by atoms with Crippen molar-refractivity contribution in [2.45, 2.75) is 88.6 Å². The second kappa shape index (κ2) is 15.1. The number of carbonyl (C=O) groups is 3. The summed E-state index contributed by atoms with van der Waals surface area (Å²) < 4.78 is 10.6. The van der Waals surface area contributed by atoms with Gasteiger partial charge in [0.2, 0.25) is 11.8 Å². The van der Waals surface area contributed by atoms with Gasteiger partial charge < -0.3 is 46.3 Å². The molecule has 0 spiro atoms. The van der Waals surface area contributed by atoms with Crippen LogP contribution < -0.4 is 16.4 Å². The molecule has 0 aromatic rings. The highest BCUT2D eigenvalue weighted by Crippen LogP contribution is 2.21. The van der Waals surface area contributed by atoms with E-state index in [0.29, 0.717) is 45.1 Å². The number of amides is 2. The van der Waals surface area contributed by atoms with Crippen LogP contribution in [0.1, 0.15) is 51.9 Å². The molecule has 32 heavy (non-hydrogen) atoms. The number of nitrogens with one attached hydrogen (secondary N) is 2. The number of hydrogen-bond acceptors (Lipinski definition) is 9. The van der Waals surface area contributed by atoms with Gasteiger partial charge in [-0.25, -0.2) is 0 Å². The van der Waals surface area contributed by atoms with Gasteiger partial charge in [0.1, 0.15) is 24.4 Å². The van der Waals surface area contributed by atoms with Gasteiger partial charge in [-0.1, -0.05) is 0 Å². The first kappa shape index (κ1) is 28.2. The van der Waals surface area contributed by atoms with Gasteiger partial charge in [0.25, 0.3) is 0 Å². The molecule has 186 valence electrons. The average Bonchev–Trinajstić information content (AvgIpc) is 2.75. The van der Waals surface area contributed by atoms with Crippen LogP contribution in [-0.4, -0.2) is 94.7 Å². The lowest BCUT2D eigenvalue weighted by Crippen LogP contribution is -2.57. The predicted molar refractivity (Wildman–Crippen MR) is 112 cm³/mol. The van der Waals surface area contributed by atoms with E-state index in [4.69, 9.17) is 20.3 Å². The Morgan fingerprint density at radius 2 is 1.53 bits per heavy atom. The third-order valence-corrected chi connectivity index (χ3v) is 5.15. The number of rotatable bonds is 15. The largest absolute Gasteiger partial charge is 0.480 e. The van der Waals surface area contributed by atoms with Gasteiger partial charge in [0.05, 0.1) is 12.7 Å². The zero-order valence-corrected chi connectivity index (χ0v) is 18.4. The molecule has 12 heteroatoms. The van der Waals surface area contributed by atoms with E-state index in [0.717, 1.165) is 0 Å². The fraction of sp³-hybridized carbons (Fsp3) is 0.850. The van der Waals surface area contributed by atoms with Crippen molar-refractivity contribution in [2.75, 3.05) is 19.7 Å². The monoisotopic (exact) mass is 463 g/mol. The molecule has 0 aromatic heterocycles. The number of carbonyl (C=O) groups excluding carboxylic acids is 2. The summed E-state index contributed by atoms with van der Waals surface area (Å²) in [6.07, 6.45) is -2.45. The Balaban J connectivity index is 2.01. The van der Waals surface area contributed by atoms with E-state index in [9.17, 15) is 29.7 Å². The minimum Gasteiger partial charge on any atom is -0.480 e. The Hall–Kier alpha value is -1.83. The molecular weight excluding hydrogens is 426 g/mol. The van der Waals surface area contributed by atoms with Crippen LogP contribution in [0.4, 0.5) is 0 Å². The Bertz CT molecular complexity index is 593. The van der Waals surface area contributed by atoms with Crippen molar-refractivity contribution in [3.8, 4) is 0 Å². The smallest absolute Gasteiger partial charge is 0.320 e. The molecule has 2 amide bonds. The van der Waals surface area contributed by atoms with Gasteiger partial charge in [-0.05, 0) is 39.0 Å². The summed E-state index contributed by atoms with van der Waals surface area (Å²) in [6.45, 7) is 2.25. The number of carboxylic acids is 1. The standard InChI is InChI=1S/C20H37N3O9/c1-12-16(26)17(27)18(28)20(32-12)31-11-10-23-15(25)8-3-2-7-14(24)22-9-5-4-6-13(21)19(29)30/h12-13,16-18,20,26-28H,2-11,21H2,1H3,(H,22,24)(H,23,25)(H,29,30)/t12-,13-,16+,17+,18-,20+/m0/s1. The summed E-state index contributed by atoms with van der Waals surface area (Å²) in [7, 11) is 0. The highest BCUT2D eigenvalue weighted by Gasteiger charge is 2.42. The molecule has 0 aliphatic carbocycles. The zero-order chi connectivity index (χ0) is 24.1. The third kappa shape index (κ3) is 10.7. The molecule has 1 aliphatic rings. The summed E-state index contributed by atoms with van der Waals surface area (Å²) in [5, 5.41) is 43.3. The maximum absolute atomic E-state index is 11.8. The first-order valence-corrected chi connectivity index (χ1v) is 11.0. The Morgan fingerprint density at radius 1 is 0.938 bits per heavy atom. The summed E-state index contributed by atoms with van der Waals surface area (Å²) in [5.74, 6) is -1.34. The second-order valence-electron chi connectivity index (χ2n) is 7.90. The second-order valence-corrected chi connectivity index (χ2v) is 7.90. The number of aliphatic hydroxyl groups excluding tert-OH is 3. The lowest BCUT2D eigenvalue weighted by molar-refractivity contribution is -0.292. The molecule has 1 saturated heterocycles. The first-order valence-electron chi connectivity index (χ1n) is 11.0. The van der Waals surface area contributed by atoms with Crippen LogP contribution in [0.2, 0.25) is 0 Å².